The molecule has 5 rings (SSSR count). The van der Waals surface area contributed by atoms with E-state index in [9.17, 15) is 13.2 Å². The first-order valence-electron chi connectivity index (χ1n) is 10.9. The lowest BCUT2D eigenvalue weighted by molar-refractivity contribution is -0.141. The summed E-state index contributed by atoms with van der Waals surface area (Å²) in [6.45, 7) is 2.23. The van der Waals surface area contributed by atoms with Gasteiger partial charge in [-0.2, -0.15) is 18.3 Å². The standard InChI is InChI=1S/C23H24F3N5O/c1-2-31-21-16(14-27-31)19(28-15-9-5-3-6-10-15)18(20(29-21)23(24,25)26)17-13-22(32-30-17)11-7-4-8-12-22/h3,5-6,9-10,14H,2,4,7-8,11-13H2,1H3,(H,28,29). The van der Waals surface area contributed by atoms with Crippen molar-refractivity contribution in [2.45, 2.75) is 63.8 Å². The molecule has 0 radical (unpaired) electrons. The van der Waals surface area contributed by atoms with Crippen LogP contribution in [-0.2, 0) is 17.6 Å². The Morgan fingerprint density at radius 3 is 2.56 bits per heavy atom. The molecule has 1 aliphatic heterocycles. The first kappa shape index (κ1) is 20.8. The minimum absolute atomic E-state index is 0.0491. The molecule has 1 aromatic carbocycles. The summed E-state index contributed by atoms with van der Waals surface area (Å²) in [4.78, 5) is 9.86. The maximum Gasteiger partial charge on any atom is 0.434 e. The Hall–Kier alpha value is -3.10. The number of nitrogens with zero attached hydrogens (tertiary/aromatic N) is 4. The van der Waals surface area contributed by atoms with Crippen LogP contribution < -0.4 is 5.32 Å². The monoisotopic (exact) mass is 443 g/mol. The molecule has 9 heteroatoms. The maximum atomic E-state index is 14.3. The van der Waals surface area contributed by atoms with E-state index in [2.05, 4.69) is 20.6 Å². The molecule has 3 aromatic rings. The van der Waals surface area contributed by atoms with Gasteiger partial charge in [0.1, 0.15) is 5.60 Å². The molecule has 6 nitrogen and oxygen atoms in total. The highest BCUT2D eigenvalue weighted by Crippen LogP contribution is 2.45. The van der Waals surface area contributed by atoms with Gasteiger partial charge >= 0.3 is 6.18 Å². The zero-order valence-electron chi connectivity index (χ0n) is 17.7. The fraction of sp³-hybridized carbons (Fsp3) is 0.435. The number of benzene rings is 1. The predicted octanol–water partition coefficient (Wildman–Crippen LogP) is 6.04. The van der Waals surface area contributed by atoms with Gasteiger partial charge in [0.2, 0.25) is 0 Å². The van der Waals surface area contributed by atoms with Crippen LogP contribution in [0.1, 0.15) is 56.7 Å². The van der Waals surface area contributed by atoms with Crippen LogP contribution in [0.4, 0.5) is 24.5 Å². The first-order chi connectivity index (χ1) is 15.4. The summed E-state index contributed by atoms with van der Waals surface area (Å²) >= 11 is 0. The Balaban J connectivity index is 1.71. The smallest absolute Gasteiger partial charge is 0.389 e. The molecule has 1 saturated carbocycles. The van der Waals surface area contributed by atoms with Crippen molar-refractivity contribution in [3.8, 4) is 0 Å². The maximum absolute atomic E-state index is 14.3. The first-order valence-corrected chi connectivity index (χ1v) is 10.9. The summed E-state index contributed by atoms with van der Waals surface area (Å²) in [6, 6.07) is 9.12. The Labute approximate surface area is 183 Å². The number of hydrogen-bond donors (Lipinski definition) is 1. The molecule has 1 fully saturated rings. The molecule has 0 atom stereocenters. The average molecular weight is 443 g/mol. The van der Waals surface area contributed by atoms with Crippen LogP contribution in [0.3, 0.4) is 0 Å². The van der Waals surface area contributed by atoms with Crippen molar-refractivity contribution in [2.24, 2.45) is 5.16 Å². The molecule has 168 valence electrons. The molecule has 2 aromatic heterocycles. The summed E-state index contributed by atoms with van der Waals surface area (Å²) in [5, 5.41) is 12.2. The van der Waals surface area contributed by atoms with Crippen molar-refractivity contribution in [3.05, 3.63) is 47.8 Å². The van der Waals surface area contributed by atoms with Crippen LogP contribution in [0.2, 0.25) is 0 Å². The Bertz CT molecular complexity index is 1160. The average Bonchev–Trinajstić information content (AvgIpc) is 3.38. The van der Waals surface area contributed by atoms with Gasteiger partial charge in [0.25, 0.3) is 0 Å². The number of aromatic nitrogens is 3. The second-order valence-corrected chi connectivity index (χ2v) is 8.45. The summed E-state index contributed by atoms with van der Waals surface area (Å²) in [6.07, 6.45) is 1.93. The predicted molar refractivity (Wildman–Crippen MR) is 116 cm³/mol. The van der Waals surface area contributed by atoms with Gasteiger partial charge in [0.15, 0.2) is 11.3 Å². The molecule has 1 spiro atoms. The van der Waals surface area contributed by atoms with Gasteiger partial charge in [0.05, 0.1) is 28.5 Å². The van der Waals surface area contributed by atoms with Crippen LogP contribution in [0.5, 0.6) is 0 Å². The number of halogens is 3. The van der Waals surface area contributed by atoms with Gasteiger partial charge < -0.3 is 10.2 Å². The molecule has 1 aliphatic carbocycles. The lowest BCUT2D eigenvalue weighted by Crippen LogP contribution is -2.32. The van der Waals surface area contributed by atoms with E-state index >= 15 is 0 Å². The molecule has 0 unspecified atom stereocenters. The van der Waals surface area contributed by atoms with E-state index in [1.54, 1.807) is 6.20 Å². The number of anilines is 2. The van der Waals surface area contributed by atoms with Crippen LogP contribution in [0.15, 0.2) is 41.7 Å². The van der Waals surface area contributed by atoms with E-state index < -0.39 is 17.5 Å². The van der Waals surface area contributed by atoms with E-state index in [-0.39, 0.29) is 16.9 Å². The number of oxime groups is 1. The van der Waals surface area contributed by atoms with Gasteiger partial charge in [-0.05, 0) is 44.7 Å². The molecule has 3 heterocycles. The van der Waals surface area contributed by atoms with E-state index in [1.807, 2.05) is 37.3 Å². The lowest BCUT2D eigenvalue weighted by Gasteiger charge is -2.30. The summed E-state index contributed by atoms with van der Waals surface area (Å²) < 4.78 is 44.4. The van der Waals surface area contributed by atoms with Crippen molar-refractivity contribution < 1.29 is 18.0 Å². The van der Waals surface area contributed by atoms with Gasteiger partial charge in [-0.1, -0.05) is 29.8 Å². The highest BCUT2D eigenvalue weighted by molar-refractivity contribution is 6.12. The number of rotatable bonds is 4. The summed E-state index contributed by atoms with van der Waals surface area (Å²) in [5.41, 5.74) is -0.0665. The quantitative estimate of drug-likeness (QED) is 0.534. The van der Waals surface area contributed by atoms with E-state index in [4.69, 9.17) is 4.84 Å². The fourth-order valence-corrected chi connectivity index (χ4v) is 4.72. The van der Waals surface area contributed by atoms with Gasteiger partial charge in [-0.15, -0.1) is 0 Å². The topological polar surface area (TPSA) is 64.3 Å². The second-order valence-electron chi connectivity index (χ2n) is 8.45. The van der Waals surface area contributed by atoms with Gasteiger partial charge in [-0.3, -0.25) is 0 Å². The number of hydrogen-bond acceptors (Lipinski definition) is 5. The number of alkyl halides is 3. The summed E-state index contributed by atoms with van der Waals surface area (Å²) in [7, 11) is 0. The molecule has 32 heavy (non-hydrogen) atoms. The minimum atomic E-state index is -4.66. The molecule has 2 aliphatic rings. The highest BCUT2D eigenvalue weighted by Gasteiger charge is 2.45. The van der Waals surface area contributed by atoms with E-state index in [1.165, 1.54) is 4.68 Å². The van der Waals surface area contributed by atoms with Gasteiger partial charge in [-0.25, -0.2) is 9.67 Å². The Kier molecular flexibility index (Phi) is 5.06. The largest absolute Gasteiger partial charge is 0.434 e. The zero-order valence-corrected chi connectivity index (χ0v) is 17.7. The van der Waals surface area contributed by atoms with Gasteiger partial charge in [0, 0.05) is 18.7 Å². The molecule has 0 amide bonds. The van der Waals surface area contributed by atoms with E-state index in [0.29, 0.717) is 29.7 Å². The normalized spacial score (nSPS) is 18.1. The van der Waals surface area contributed by atoms with Crippen molar-refractivity contribution in [1.82, 2.24) is 14.8 Å². The molecular formula is C23H24F3N5O. The van der Waals surface area contributed by atoms with Crippen molar-refractivity contribution >= 4 is 28.1 Å². The van der Waals surface area contributed by atoms with Crippen molar-refractivity contribution in [2.75, 3.05) is 5.32 Å². The lowest BCUT2D eigenvalue weighted by atomic mass is 9.80. The third-order valence-corrected chi connectivity index (χ3v) is 6.29. The zero-order chi connectivity index (χ0) is 22.3. The minimum Gasteiger partial charge on any atom is -0.389 e. The number of pyridine rings is 1. The number of aryl methyl sites for hydroxylation is 1. The van der Waals surface area contributed by atoms with Crippen molar-refractivity contribution in [3.63, 3.8) is 0 Å². The molecule has 0 bridgehead atoms. The number of nitrogens with one attached hydrogen (secondary N) is 1. The Morgan fingerprint density at radius 2 is 1.88 bits per heavy atom. The third-order valence-electron chi connectivity index (χ3n) is 6.29. The molecular weight excluding hydrogens is 419 g/mol. The van der Waals surface area contributed by atoms with Crippen LogP contribution in [0, 0.1) is 0 Å². The SMILES string of the molecule is CCn1ncc2c(Nc3ccccc3)c(C3=NOC4(CCCCC4)C3)c(C(F)(F)F)nc21. The highest BCUT2D eigenvalue weighted by atomic mass is 19.4. The fourth-order valence-electron chi connectivity index (χ4n) is 4.72. The number of para-hydroxylation sites is 1. The van der Waals surface area contributed by atoms with Crippen molar-refractivity contribution in [1.29, 1.82) is 0 Å². The Morgan fingerprint density at radius 1 is 1.12 bits per heavy atom. The molecule has 1 N–H and O–H groups in total. The third kappa shape index (κ3) is 3.59. The van der Waals surface area contributed by atoms with Crippen LogP contribution in [0.25, 0.3) is 11.0 Å². The summed E-state index contributed by atoms with van der Waals surface area (Å²) in [5.74, 6) is 0. The van der Waals surface area contributed by atoms with Crippen LogP contribution in [-0.4, -0.2) is 26.1 Å². The second kappa shape index (κ2) is 7.79. The van der Waals surface area contributed by atoms with Crippen LogP contribution >= 0.6 is 0 Å². The molecule has 0 saturated heterocycles. The van der Waals surface area contributed by atoms with E-state index in [0.717, 1.165) is 32.1 Å². The number of fused-ring (bicyclic) bond motifs is 1.